The van der Waals surface area contributed by atoms with Crippen LogP contribution in [0.15, 0.2) is 0 Å². The van der Waals surface area contributed by atoms with E-state index in [1.54, 1.807) is 0 Å². The Kier molecular flexibility index (Phi) is 4.56. The van der Waals surface area contributed by atoms with Gasteiger partial charge >= 0.3 is 0 Å². The number of hydrogen-bond donors (Lipinski definition) is 0. The second-order valence-corrected chi connectivity index (χ2v) is 2.61. The summed E-state index contributed by atoms with van der Waals surface area (Å²) in [6, 6.07) is 0. The van der Waals surface area contributed by atoms with Crippen molar-refractivity contribution in [1.82, 2.24) is 0 Å². The first-order chi connectivity index (χ1) is 5.00. The van der Waals surface area contributed by atoms with Crippen LogP contribution >= 0.6 is 0 Å². The minimum atomic E-state index is 0.819. The van der Waals surface area contributed by atoms with Crippen LogP contribution in [0.3, 0.4) is 0 Å². The molecule has 2 heteroatoms. The summed E-state index contributed by atoms with van der Waals surface area (Å²) in [4.78, 5) is 0. The molecule has 10 heavy (non-hydrogen) atoms. The van der Waals surface area contributed by atoms with E-state index >= 15 is 0 Å². The van der Waals surface area contributed by atoms with Gasteiger partial charge in [-0.15, -0.1) is 0 Å². The molecular weight excluding hydrogens is 128 g/mol. The normalized spacial score (nSPS) is 24.0. The SMILES string of the molecule is [CH]1OCCCCCCCO1. The van der Waals surface area contributed by atoms with Gasteiger partial charge in [-0.25, -0.2) is 0 Å². The quantitative estimate of drug-likeness (QED) is 0.517. The van der Waals surface area contributed by atoms with Crippen LogP contribution in [0.2, 0.25) is 0 Å². The molecule has 1 rings (SSSR count). The summed E-state index contributed by atoms with van der Waals surface area (Å²) in [5.41, 5.74) is 0. The standard InChI is InChI=1S/C8H15O2/c1-2-4-6-9-8-10-7-5-3-1/h8H,1-7H2. The predicted octanol–water partition coefficient (Wildman–Crippen LogP) is 2.10. The zero-order valence-electron chi connectivity index (χ0n) is 6.34. The molecule has 1 saturated heterocycles. The zero-order chi connectivity index (χ0) is 7.07. The van der Waals surface area contributed by atoms with Crippen molar-refractivity contribution in [3.8, 4) is 0 Å². The van der Waals surface area contributed by atoms with Crippen LogP contribution in [-0.2, 0) is 9.47 Å². The highest BCUT2D eigenvalue weighted by Gasteiger charge is 1.95. The average Bonchev–Trinajstić information content (AvgIpc) is 2.01. The lowest BCUT2D eigenvalue weighted by molar-refractivity contribution is 0.0145. The molecule has 0 amide bonds. The van der Waals surface area contributed by atoms with E-state index in [1.165, 1.54) is 38.9 Å². The van der Waals surface area contributed by atoms with E-state index in [0.29, 0.717) is 0 Å². The summed E-state index contributed by atoms with van der Waals surface area (Å²) >= 11 is 0. The van der Waals surface area contributed by atoms with Gasteiger partial charge in [0.15, 0.2) is 0 Å². The molecule has 0 N–H and O–H groups in total. The number of rotatable bonds is 0. The Morgan fingerprint density at radius 3 is 1.80 bits per heavy atom. The van der Waals surface area contributed by atoms with Crippen molar-refractivity contribution in [2.45, 2.75) is 32.1 Å². The molecule has 1 fully saturated rings. The molecule has 0 aliphatic carbocycles. The summed E-state index contributed by atoms with van der Waals surface area (Å²) in [5, 5.41) is 0. The largest absolute Gasteiger partial charge is 0.348 e. The van der Waals surface area contributed by atoms with E-state index in [2.05, 4.69) is 0 Å². The Labute approximate surface area is 62.5 Å². The van der Waals surface area contributed by atoms with E-state index in [1.807, 2.05) is 0 Å². The molecule has 0 spiro atoms. The van der Waals surface area contributed by atoms with Gasteiger partial charge in [0.05, 0.1) is 0 Å². The van der Waals surface area contributed by atoms with Crippen LogP contribution < -0.4 is 0 Å². The number of ether oxygens (including phenoxy) is 2. The van der Waals surface area contributed by atoms with Crippen molar-refractivity contribution in [2.75, 3.05) is 13.2 Å². The maximum absolute atomic E-state index is 5.06. The fourth-order valence-electron chi connectivity index (χ4n) is 1.05. The van der Waals surface area contributed by atoms with Gasteiger partial charge in [-0.1, -0.05) is 19.3 Å². The molecule has 0 unspecified atom stereocenters. The molecule has 1 heterocycles. The smallest absolute Gasteiger partial charge is 0.209 e. The van der Waals surface area contributed by atoms with Gasteiger partial charge in [-0.3, -0.25) is 0 Å². The van der Waals surface area contributed by atoms with Gasteiger partial charge in [-0.2, -0.15) is 0 Å². The Bertz CT molecular complexity index is 40.4. The van der Waals surface area contributed by atoms with Gasteiger partial charge in [0, 0.05) is 13.2 Å². The lowest BCUT2D eigenvalue weighted by atomic mass is 10.1. The second-order valence-electron chi connectivity index (χ2n) is 2.61. The van der Waals surface area contributed by atoms with Gasteiger partial charge < -0.3 is 9.47 Å². The Balaban J connectivity index is 2.00. The third-order valence-corrected chi connectivity index (χ3v) is 1.66. The summed E-state index contributed by atoms with van der Waals surface area (Å²) in [6.45, 7) is 3.12. The third kappa shape index (κ3) is 3.85. The first-order valence-corrected chi connectivity index (χ1v) is 4.05. The van der Waals surface area contributed by atoms with Crippen molar-refractivity contribution < 1.29 is 9.47 Å². The van der Waals surface area contributed by atoms with E-state index in [0.717, 1.165) is 13.2 Å². The summed E-state index contributed by atoms with van der Waals surface area (Å²) < 4.78 is 10.1. The number of hydrogen-bond acceptors (Lipinski definition) is 2. The van der Waals surface area contributed by atoms with Crippen LogP contribution in [0.25, 0.3) is 0 Å². The van der Waals surface area contributed by atoms with Crippen molar-refractivity contribution >= 4 is 0 Å². The first-order valence-electron chi connectivity index (χ1n) is 4.05. The maximum Gasteiger partial charge on any atom is 0.209 e. The molecule has 1 aliphatic heterocycles. The molecule has 59 valence electrons. The third-order valence-electron chi connectivity index (χ3n) is 1.66. The first kappa shape index (κ1) is 8.02. The van der Waals surface area contributed by atoms with E-state index in [4.69, 9.17) is 9.47 Å². The fourth-order valence-corrected chi connectivity index (χ4v) is 1.05. The fraction of sp³-hybridized carbons (Fsp3) is 0.875. The van der Waals surface area contributed by atoms with Crippen LogP contribution in [0, 0.1) is 6.79 Å². The average molecular weight is 143 g/mol. The van der Waals surface area contributed by atoms with Gasteiger partial charge in [0.2, 0.25) is 6.79 Å². The van der Waals surface area contributed by atoms with Crippen LogP contribution in [0.4, 0.5) is 0 Å². The van der Waals surface area contributed by atoms with Gasteiger partial charge in [-0.05, 0) is 12.8 Å². The Morgan fingerprint density at radius 2 is 1.20 bits per heavy atom. The van der Waals surface area contributed by atoms with Gasteiger partial charge in [0.25, 0.3) is 0 Å². The topological polar surface area (TPSA) is 18.5 Å². The highest BCUT2D eigenvalue weighted by Crippen LogP contribution is 2.06. The van der Waals surface area contributed by atoms with E-state index in [-0.39, 0.29) is 0 Å². The molecule has 0 aromatic carbocycles. The Hall–Kier alpha value is -0.0800. The predicted molar refractivity (Wildman–Crippen MR) is 39.3 cm³/mol. The highest BCUT2D eigenvalue weighted by molar-refractivity contribution is 4.47. The summed E-state index contributed by atoms with van der Waals surface area (Å²) in [6.07, 6.45) is 6.26. The van der Waals surface area contributed by atoms with E-state index in [9.17, 15) is 0 Å². The Morgan fingerprint density at radius 1 is 0.700 bits per heavy atom. The van der Waals surface area contributed by atoms with Crippen molar-refractivity contribution in [3.63, 3.8) is 0 Å². The molecule has 1 radical (unpaired) electrons. The van der Waals surface area contributed by atoms with Crippen molar-refractivity contribution in [3.05, 3.63) is 6.79 Å². The maximum atomic E-state index is 5.06. The monoisotopic (exact) mass is 143 g/mol. The molecule has 0 saturated carbocycles. The zero-order valence-corrected chi connectivity index (χ0v) is 6.34. The molecule has 0 aromatic rings. The summed E-state index contributed by atoms with van der Waals surface area (Å²) in [5.74, 6) is 0. The molecule has 0 aromatic heterocycles. The minimum Gasteiger partial charge on any atom is -0.348 e. The van der Waals surface area contributed by atoms with Crippen molar-refractivity contribution in [2.24, 2.45) is 0 Å². The second kappa shape index (κ2) is 5.69. The molecule has 1 aliphatic rings. The molecule has 2 nitrogen and oxygen atoms in total. The molecular formula is C8H15O2. The lowest BCUT2D eigenvalue weighted by Gasteiger charge is -2.07. The van der Waals surface area contributed by atoms with Crippen LogP contribution in [0.5, 0.6) is 0 Å². The van der Waals surface area contributed by atoms with Crippen LogP contribution in [0.1, 0.15) is 32.1 Å². The van der Waals surface area contributed by atoms with E-state index < -0.39 is 0 Å². The highest BCUT2D eigenvalue weighted by atomic mass is 16.7. The lowest BCUT2D eigenvalue weighted by Crippen LogP contribution is -2.00. The molecule has 0 atom stereocenters. The molecule has 0 bridgehead atoms. The minimum absolute atomic E-state index is 0.819. The van der Waals surface area contributed by atoms with Gasteiger partial charge in [0.1, 0.15) is 0 Å². The summed E-state index contributed by atoms with van der Waals surface area (Å²) in [7, 11) is 0. The van der Waals surface area contributed by atoms with Crippen LogP contribution in [-0.4, -0.2) is 13.2 Å². The van der Waals surface area contributed by atoms with Crippen molar-refractivity contribution in [1.29, 1.82) is 0 Å².